The summed E-state index contributed by atoms with van der Waals surface area (Å²) in [6.45, 7) is 3.46. The maximum Gasteiger partial charge on any atom is 0.344 e. The average molecular weight is 349 g/mol. The molecule has 1 aliphatic carbocycles. The molecule has 1 fully saturated rings. The van der Waals surface area contributed by atoms with E-state index in [2.05, 4.69) is 6.92 Å². The third-order valence-electron chi connectivity index (χ3n) is 4.41. The molecule has 0 spiro atoms. The Morgan fingerprint density at radius 1 is 1.24 bits per heavy atom. The Morgan fingerprint density at radius 3 is 2.52 bits per heavy atom. The molecule has 0 heterocycles. The number of carbonyl (C=O) groups is 2. The number of rotatable bonds is 7. The summed E-state index contributed by atoms with van der Waals surface area (Å²) < 4.78 is 10.6. The maximum absolute atomic E-state index is 11.9. The number of carbonyl (C=O) groups excluding carboxylic acids is 2. The molecule has 1 aliphatic rings. The highest BCUT2D eigenvalue weighted by atomic mass is 16.6. The molecule has 0 aromatic heterocycles. The van der Waals surface area contributed by atoms with Gasteiger partial charge in [-0.1, -0.05) is 13.8 Å². The molecule has 0 radical (unpaired) electrons. The summed E-state index contributed by atoms with van der Waals surface area (Å²) in [5.41, 5.74) is -0.0842. The fourth-order valence-electron chi connectivity index (χ4n) is 2.86. The minimum Gasteiger partial charge on any atom is -0.475 e. The van der Waals surface area contributed by atoms with Crippen LogP contribution in [-0.4, -0.2) is 29.4 Å². The number of hydrogen-bond acceptors (Lipinski definition) is 6. The highest BCUT2D eigenvalue weighted by Crippen LogP contribution is 2.29. The highest BCUT2D eigenvalue weighted by molar-refractivity contribution is 5.96. The number of nitro benzene ring substituents is 1. The number of nitro groups is 1. The van der Waals surface area contributed by atoms with Gasteiger partial charge in [-0.15, -0.1) is 0 Å². The molecule has 0 aliphatic heterocycles. The average Bonchev–Trinajstić information content (AvgIpc) is 2.61. The zero-order valence-corrected chi connectivity index (χ0v) is 14.5. The number of ether oxygens (including phenoxy) is 2. The topological polar surface area (TPSA) is 95.7 Å². The van der Waals surface area contributed by atoms with Crippen LogP contribution in [0.2, 0.25) is 0 Å². The van der Waals surface area contributed by atoms with Gasteiger partial charge in [0.15, 0.2) is 18.1 Å². The normalized spacial score (nSPS) is 19.9. The number of hydrogen-bond donors (Lipinski definition) is 0. The number of esters is 1. The van der Waals surface area contributed by atoms with Crippen LogP contribution in [0.15, 0.2) is 18.2 Å². The summed E-state index contributed by atoms with van der Waals surface area (Å²) in [5.74, 6) is -0.131. The van der Waals surface area contributed by atoms with Gasteiger partial charge in [-0.25, -0.2) is 4.79 Å². The minimum atomic E-state index is -0.629. The Bertz CT molecular complexity index is 649. The predicted molar refractivity (Wildman–Crippen MR) is 90.7 cm³/mol. The van der Waals surface area contributed by atoms with Gasteiger partial charge in [-0.05, 0) is 43.7 Å². The quantitative estimate of drug-likeness (QED) is 0.322. The van der Waals surface area contributed by atoms with Crippen molar-refractivity contribution >= 4 is 17.4 Å². The second-order valence-corrected chi connectivity index (χ2v) is 6.38. The standard InChI is InChI=1S/C18H23NO6/c1-3-16(20)13-6-9-17(15(10-13)19(22)23)24-11-18(21)25-14-7-4-12(2)5-8-14/h6,9-10,12,14H,3-5,7-8,11H2,1-2H3. The SMILES string of the molecule is CCC(=O)c1ccc(OCC(=O)OC2CCC(C)CC2)c([N+](=O)[O-])c1. The van der Waals surface area contributed by atoms with Crippen molar-refractivity contribution in [1.29, 1.82) is 0 Å². The van der Waals surface area contributed by atoms with Crippen molar-refractivity contribution in [2.75, 3.05) is 6.61 Å². The minimum absolute atomic E-state index is 0.0492. The van der Waals surface area contributed by atoms with Crippen molar-refractivity contribution in [3.05, 3.63) is 33.9 Å². The van der Waals surface area contributed by atoms with Crippen LogP contribution >= 0.6 is 0 Å². The van der Waals surface area contributed by atoms with E-state index in [9.17, 15) is 19.7 Å². The molecule has 7 heteroatoms. The van der Waals surface area contributed by atoms with E-state index in [4.69, 9.17) is 9.47 Å². The maximum atomic E-state index is 11.9. The Morgan fingerprint density at radius 2 is 1.92 bits per heavy atom. The number of benzene rings is 1. The van der Waals surface area contributed by atoms with E-state index in [-0.39, 0.29) is 35.3 Å². The van der Waals surface area contributed by atoms with Gasteiger partial charge in [0.05, 0.1) is 4.92 Å². The smallest absolute Gasteiger partial charge is 0.344 e. The van der Waals surface area contributed by atoms with Crippen molar-refractivity contribution in [3.63, 3.8) is 0 Å². The molecule has 7 nitrogen and oxygen atoms in total. The van der Waals surface area contributed by atoms with Crippen molar-refractivity contribution in [3.8, 4) is 5.75 Å². The zero-order valence-electron chi connectivity index (χ0n) is 14.5. The molecule has 1 aromatic rings. The Balaban J connectivity index is 1.96. The van der Waals surface area contributed by atoms with Gasteiger partial charge in [0.2, 0.25) is 0 Å². The first kappa shape index (κ1) is 18.9. The predicted octanol–water partition coefficient (Wildman–Crippen LogP) is 3.69. The van der Waals surface area contributed by atoms with Crippen LogP contribution in [0, 0.1) is 16.0 Å². The molecule has 1 saturated carbocycles. The van der Waals surface area contributed by atoms with Crippen LogP contribution in [0.25, 0.3) is 0 Å². The summed E-state index contributed by atoms with van der Waals surface area (Å²) in [4.78, 5) is 34.1. The number of nitrogens with zero attached hydrogens (tertiary/aromatic N) is 1. The van der Waals surface area contributed by atoms with Gasteiger partial charge < -0.3 is 9.47 Å². The number of ketones is 1. The first-order chi connectivity index (χ1) is 11.9. The molecule has 25 heavy (non-hydrogen) atoms. The summed E-state index contributed by atoms with van der Waals surface area (Å²) >= 11 is 0. The molecular formula is C18H23NO6. The number of Topliss-reactive ketones (excluding diaryl/α,β-unsaturated/α-hetero) is 1. The van der Waals surface area contributed by atoms with Crippen molar-refractivity contribution in [2.45, 2.75) is 52.1 Å². The monoisotopic (exact) mass is 349 g/mol. The summed E-state index contributed by atoms with van der Waals surface area (Å²) in [5, 5.41) is 11.2. The summed E-state index contributed by atoms with van der Waals surface area (Å²) in [6.07, 6.45) is 3.87. The van der Waals surface area contributed by atoms with E-state index >= 15 is 0 Å². The molecule has 0 unspecified atom stereocenters. The zero-order chi connectivity index (χ0) is 18.4. The molecule has 136 valence electrons. The molecular weight excluding hydrogens is 326 g/mol. The molecule has 0 bridgehead atoms. The van der Waals surface area contributed by atoms with Gasteiger partial charge in [0, 0.05) is 18.1 Å². The van der Waals surface area contributed by atoms with Crippen LogP contribution in [0.5, 0.6) is 5.75 Å². The molecule has 1 aromatic carbocycles. The molecule has 0 atom stereocenters. The highest BCUT2D eigenvalue weighted by Gasteiger charge is 2.23. The van der Waals surface area contributed by atoms with Crippen molar-refractivity contribution in [2.24, 2.45) is 5.92 Å². The van der Waals surface area contributed by atoms with Gasteiger partial charge in [0.25, 0.3) is 0 Å². The molecule has 0 saturated heterocycles. The van der Waals surface area contributed by atoms with E-state index in [1.54, 1.807) is 6.92 Å². The lowest BCUT2D eigenvalue weighted by atomic mass is 9.89. The fourth-order valence-corrected chi connectivity index (χ4v) is 2.86. The Labute approximate surface area is 146 Å². The van der Waals surface area contributed by atoms with E-state index in [1.165, 1.54) is 18.2 Å². The lowest BCUT2D eigenvalue weighted by Gasteiger charge is -2.25. The second-order valence-electron chi connectivity index (χ2n) is 6.38. The fraction of sp³-hybridized carbons (Fsp3) is 0.556. The van der Waals surface area contributed by atoms with Gasteiger partial charge >= 0.3 is 11.7 Å². The summed E-state index contributed by atoms with van der Waals surface area (Å²) in [6, 6.07) is 3.98. The van der Waals surface area contributed by atoms with Crippen LogP contribution in [0.3, 0.4) is 0 Å². The molecule has 0 N–H and O–H groups in total. The lowest BCUT2D eigenvalue weighted by Crippen LogP contribution is -2.26. The van der Waals surface area contributed by atoms with Gasteiger partial charge in [-0.2, -0.15) is 0 Å². The molecule has 0 amide bonds. The van der Waals surface area contributed by atoms with Crippen LogP contribution in [0.1, 0.15) is 56.3 Å². The largest absolute Gasteiger partial charge is 0.475 e. The van der Waals surface area contributed by atoms with Gasteiger partial charge in [0.1, 0.15) is 6.10 Å². The Kier molecular flexibility index (Phi) is 6.50. The third kappa shape index (κ3) is 5.27. The van der Waals surface area contributed by atoms with Gasteiger partial charge in [-0.3, -0.25) is 14.9 Å². The first-order valence-electron chi connectivity index (χ1n) is 8.54. The van der Waals surface area contributed by atoms with E-state index in [0.717, 1.165) is 25.7 Å². The van der Waals surface area contributed by atoms with E-state index in [0.29, 0.717) is 5.92 Å². The lowest BCUT2D eigenvalue weighted by molar-refractivity contribution is -0.385. The van der Waals surface area contributed by atoms with Crippen LogP contribution in [0.4, 0.5) is 5.69 Å². The van der Waals surface area contributed by atoms with E-state index < -0.39 is 17.5 Å². The van der Waals surface area contributed by atoms with Crippen LogP contribution < -0.4 is 4.74 Å². The second kappa shape index (κ2) is 8.60. The van der Waals surface area contributed by atoms with E-state index in [1.807, 2.05) is 0 Å². The Hall–Kier alpha value is -2.44. The third-order valence-corrected chi connectivity index (χ3v) is 4.41. The summed E-state index contributed by atoms with van der Waals surface area (Å²) in [7, 11) is 0. The van der Waals surface area contributed by atoms with Crippen molar-refractivity contribution < 1.29 is 24.0 Å². The molecule has 2 rings (SSSR count). The van der Waals surface area contributed by atoms with Crippen LogP contribution in [-0.2, 0) is 9.53 Å². The van der Waals surface area contributed by atoms with Crippen molar-refractivity contribution in [1.82, 2.24) is 0 Å². The first-order valence-corrected chi connectivity index (χ1v) is 8.54.